The van der Waals surface area contributed by atoms with Crippen LogP contribution in [0.2, 0.25) is 0 Å². The number of carbonyl (C=O) groups is 1. The number of halogens is 1. The number of aromatic nitrogens is 2. The number of benzene rings is 2. The number of hydrogen-bond acceptors (Lipinski definition) is 5. The van der Waals surface area contributed by atoms with Crippen molar-refractivity contribution in [1.29, 1.82) is 0 Å². The summed E-state index contributed by atoms with van der Waals surface area (Å²) in [4.78, 5) is 29.5. The lowest BCUT2D eigenvalue weighted by Crippen LogP contribution is -2.27. The van der Waals surface area contributed by atoms with Gasteiger partial charge in [-0.25, -0.2) is 9.37 Å². The van der Waals surface area contributed by atoms with Crippen molar-refractivity contribution >= 4 is 40.3 Å². The maximum absolute atomic E-state index is 13.3. The molecule has 1 fully saturated rings. The zero-order valence-electron chi connectivity index (χ0n) is 14.9. The number of amides is 1. The van der Waals surface area contributed by atoms with E-state index in [2.05, 4.69) is 10.3 Å². The van der Waals surface area contributed by atoms with Crippen LogP contribution in [0.4, 0.5) is 4.39 Å². The Balaban J connectivity index is 1.58. The van der Waals surface area contributed by atoms with Crippen LogP contribution in [0, 0.1) is 5.82 Å². The third-order valence-electron chi connectivity index (χ3n) is 4.28. The molecule has 0 aliphatic heterocycles. The molecule has 0 atom stereocenters. The fraction of sp³-hybridized carbons (Fsp3) is 0.250. The summed E-state index contributed by atoms with van der Waals surface area (Å²) < 4.78 is 14.8. The number of carbonyl (C=O) groups excluding carboxylic acids is 1. The van der Waals surface area contributed by atoms with E-state index in [-0.39, 0.29) is 17.3 Å². The maximum Gasteiger partial charge on any atom is 0.266 e. The average molecular weight is 416 g/mol. The molecule has 0 unspecified atom stereocenters. The Morgan fingerprint density at radius 2 is 1.93 bits per heavy atom. The minimum absolute atomic E-state index is 0.0375. The van der Waals surface area contributed by atoms with Crippen LogP contribution in [0.5, 0.6) is 0 Å². The molecule has 144 valence electrons. The quantitative estimate of drug-likeness (QED) is 0.277. The Hall–Kier alpha value is -2.32. The third kappa shape index (κ3) is 4.39. The second kappa shape index (κ2) is 8.36. The highest BCUT2D eigenvalue weighted by Gasteiger charge is 2.23. The van der Waals surface area contributed by atoms with Crippen molar-refractivity contribution in [2.45, 2.75) is 24.0 Å². The Morgan fingerprint density at radius 1 is 1.18 bits per heavy atom. The summed E-state index contributed by atoms with van der Waals surface area (Å²) in [5, 5.41) is 4.55. The molecule has 1 aliphatic carbocycles. The van der Waals surface area contributed by atoms with E-state index in [0.29, 0.717) is 38.6 Å². The van der Waals surface area contributed by atoms with Crippen LogP contribution in [0.1, 0.15) is 12.8 Å². The number of nitrogens with one attached hydrogen (secondary N) is 1. The SMILES string of the molecule is O=C(CSCSc1nc2ccccc2c(=O)n1-c1ccc(F)cc1)NC1CC1. The molecule has 28 heavy (non-hydrogen) atoms. The second-order valence-corrected chi connectivity index (χ2v) is 8.77. The van der Waals surface area contributed by atoms with E-state index in [0.717, 1.165) is 12.8 Å². The summed E-state index contributed by atoms with van der Waals surface area (Å²) in [6.45, 7) is 0. The summed E-state index contributed by atoms with van der Waals surface area (Å²) >= 11 is 2.87. The fourth-order valence-electron chi connectivity index (χ4n) is 2.75. The first-order chi connectivity index (χ1) is 13.6. The fourth-order valence-corrected chi connectivity index (χ4v) is 4.59. The lowest BCUT2D eigenvalue weighted by Gasteiger charge is -2.13. The Kier molecular flexibility index (Phi) is 5.68. The highest BCUT2D eigenvalue weighted by molar-refractivity contribution is 8.16. The van der Waals surface area contributed by atoms with Crippen LogP contribution in [0.25, 0.3) is 16.6 Å². The third-order valence-corrected chi connectivity index (χ3v) is 6.41. The van der Waals surface area contributed by atoms with Gasteiger partial charge in [-0.2, -0.15) is 0 Å². The smallest absolute Gasteiger partial charge is 0.266 e. The number of rotatable bonds is 7. The number of fused-ring (bicyclic) bond motifs is 1. The molecule has 1 aromatic heterocycles. The van der Waals surface area contributed by atoms with Crippen molar-refractivity contribution in [1.82, 2.24) is 14.9 Å². The maximum atomic E-state index is 13.3. The second-order valence-electron chi connectivity index (χ2n) is 6.48. The molecule has 3 aromatic rings. The van der Waals surface area contributed by atoms with Crippen LogP contribution in [0.3, 0.4) is 0 Å². The number of nitrogens with zero attached hydrogens (tertiary/aromatic N) is 2. The van der Waals surface area contributed by atoms with Crippen LogP contribution < -0.4 is 10.9 Å². The van der Waals surface area contributed by atoms with Gasteiger partial charge in [0.1, 0.15) is 5.82 Å². The van der Waals surface area contributed by atoms with Crippen molar-refractivity contribution in [2.75, 3.05) is 10.8 Å². The molecular weight excluding hydrogens is 397 g/mol. The highest BCUT2D eigenvalue weighted by Crippen LogP contribution is 2.25. The van der Waals surface area contributed by atoms with Crippen LogP contribution in [-0.4, -0.2) is 32.3 Å². The standard InChI is InChI=1S/C20H18FN3O2S2/c21-13-5-9-15(10-6-13)24-19(26)16-3-1-2-4-17(16)23-20(24)28-12-27-11-18(25)22-14-7-8-14/h1-6,9-10,14H,7-8,11-12H2,(H,22,25). The van der Waals surface area contributed by atoms with Crippen molar-refractivity contribution < 1.29 is 9.18 Å². The van der Waals surface area contributed by atoms with Gasteiger partial charge in [-0.15, -0.1) is 11.8 Å². The normalized spacial score (nSPS) is 13.6. The molecule has 1 saturated carbocycles. The van der Waals surface area contributed by atoms with E-state index in [4.69, 9.17) is 0 Å². The minimum Gasteiger partial charge on any atom is -0.353 e. The largest absolute Gasteiger partial charge is 0.353 e. The molecule has 1 N–H and O–H groups in total. The Bertz CT molecular complexity index is 1070. The van der Waals surface area contributed by atoms with Crippen molar-refractivity contribution in [3.05, 3.63) is 64.7 Å². The van der Waals surface area contributed by atoms with Crippen LogP contribution >= 0.6 is 23.5 Å². The number of hydrogen-bond donors (Lipinski definition) is 1. The van der Waals surface area contributed by atoms with E-state index in [1.807, 2.05) is 6.07 Å². The van der Waals surface area contributed by atoms with Crippen molar-refractivity contribution in [3.63, 3.8) is 0 Å². The molecule has 1 amide bonds. The summed E-state index contributed by atoms with van der Waals surface area (Å²) in [6.07, 6.45) is 2.13. The molecule has 0 bridgehead atoms. The monoisotopic (exact) mass is 415 g/mol. The molecule has 2 aromatic carbocycles. The Labute approximate surface area is 169 Å². The lowest BCUT2D eigenvalue weighted by atomic mass is 10.2. The molecule has 8 heteroatoms. The van der Waals surface area contributed by atoms with Crippen LogP contribution in [-0.2, 0) is 4.79 Å². The van der Waals surface area contributed by atoms with E-state index in [1.54, 1.807) is 30.3 Å². The highest BCUT2D eigenvalue weighted by atomic mass is 32.2. The average Bonchev–Trinajstić information content (AvgIpc) is 3.50. The van der Waals surface area contributed by atoms with Crippen LogP contribution in [0.15, 0.2) is 58.5 Å². The van der Waals surface area contributed by atoms with Gasteiger partial charge in [0.25, 0.3) is 5.56 Å². The van der Waals surface area contributed by atoms with E-state index >= 15 is 0 Å². The molecule has 0 saturated heterocycles. The summed E-state index contributed by atoms with van der Waals surface area (Å²) in [5.74, 6) is 0.0465. The predicted molar refractivity (Wildman–Crippen MR) is 112 cm³/mol. The summed E-state index contributed by atoms with van der Waals surface area (Å²) in [5.41, 5.74) is 0.977. The van der Waals surface area contributed by atoms with Crippen molar-refractivity contribution in [3.8, 4) is 5.69 Å². The summed E-state index contributed by atoms with van der Waals surface area (Å²) in [6, 6.07) is 13.3. The molecule has 4 rings (SSSR count). The van der Waals surface area contributed by atoms with Gasteiger partial charge in [-0.3, -0.25) is 14.2 Å². The molecule has 1 aliphatic rings. The van der Waals surface area contributed by atoms with Gasteiger partial charge >= 0.3 is 0 Å². The number of para-hydroxylation sites is 1. The van der Waals surface area contributed by atoms with E-state index in [1.165, 1.54) is 40.2 Å². The zero-order valence-corrected chi connectivity index (χ0v) is 16.6. The topological polar surface area (TPSA) is 64.0 Å². The molecule has 0 spiro atoms. The number of thioether (sulfide) groups is 2. The molecule has 1 heterocycles. The van der Waals surface area contributed by atoms with E-state index in [9.17, 15) is 14.0 Å². The Morgan fingerprint density at radius 3 is 2.68 bits per heavy atom. The van der Waals surface area contributed by atoms with Gasteiger partial charge in [-0.1, -0.05) is 23.9 Å². The van der Waals surface area contributed by atoms with Gasteiger partial charge in [0.2, 0.25) is 5.91 Å². The van der Waals surface area contributed by atoms with Gasteiger partial charge in [0.05, 0.1) is 22.3 Å². The predicted octanol–water partition coefficient (Wildman–Crippen LogP) is 3.59. The van der Waals surface area contributed by atoms with Gasteiger partial charge in [0.15, 0.2) is 5.16 Å². The first-order valence-corrected chi connectivity index (χ1v) is 11.0. The molecule has 5 nitrogen and oxygen atoms in total. The zero-order chi connectivity index (χ0) is 19.5. The minimum atomic E-state index is -0.364. The van der Waals surface area contributed by atoms with Gasteiger partial charge < -0.3 is 5.32 Å². The lowest BCUT2D eigenvalue weighted by molar-refractivity contribution is -0.118. The van der Waals surface area contributed by atoms with E-state index < -0.39 is 0 Å². The van der Waals surface area contributed by atoms with Gasteiger partial charge in [-0.05, 0) is 49.2 Å². The first-order valence-electron chi connectivity index (χ1n) is 8.89. The van der Waals surface area contributed by atoms with Crippen molar-refractivity contribution in [2.24, 2.45) is 0 Å². The first kappa shape index (κ1) is 19.0. The summed E-state index contributed by atoms with van der Waals surface area (Å²) in [7, 11) is 0. The molecule has 0 radical (unpaired) electrons. The molecular formula is C20H18FN3O2S2. The van der Waals surface area contributed by atoms with Gasteiger partial charge in [0, 0.05) is 11.1 Å².